The van der Waals surface area contributed by atoms with Crippen LogP contribution >= 0.6 is 0 Å². The number of hydrogen-bond donors (Lipinski definition) is 2. The Balaban J connectivity index is 1.12. The van der Waals surface area contributed by atoms with Crippen molar-refractivity contribution in [2.75, 3.05) is 36.0 Å². The molecule has 314 valence electrons. The molecule has 0 radical (unpaired) electrons. The van der Waals surface area contributed by atoms with E-state index in [0.717, 1.165) is 111 Å². The van der Waals surface area contributed by atoms with Crippen LogP contribution < -0.4 is 9.80 Å². The van der Waals surface area contributed by atoms with Crippen LogP contribution in [0.1, 0.15) is 129 Å². The van der Waals surface area contributed by atoms with Gasteiger partial charge in [0.1, 0.15) is 11.5 Å². The lowest BCUT2D eigenvalue weighted by Crippen LogP contribution is -2.29. The molecule has 2 aliphatic carbocycles. The number of hydrogen-bond acceptors (Lipinski definition) is 8. The molecule has 0 saturated carbocycles. The Morgan fingerprint density at radius 2 is 0.950 bits per heavy atom. The zero-order valence-electron chi connectivity index (χ0n) is 36.9. The van der Waals surface area contributed by atoms with E-state index in [2.05, 4.69) is 89.5 Å². The summed E-state index contributed by atoms with van der Waals surface area (Å²) in [6.07, 6.45) is 12.5. The van der Waals surface area contributed by atoms with Gasteiger partial charge in [-0.25, -0.2) is 0 Å². The van der Waals surface area contributed by atoms with E-state index in [9.17, 15) is 19.8 Å². The average Bonchev–Trinajstić information content (AvgIpc) is 3.66. The fourth-order valence-electron chi connectivity index (χ4n) is 8.87. The summed E-state index contributed by atoms with van der Waals surface area (Å²) in [6, 6.07) is 20.0. The van der Waals surface area contributed by atoms with Crippen LogP contribution in [0.2, 0.25) is 0 Å². The molecule has 60 heavy (non-hydrogen) atoms. The van der Waals surface area contributed by atoms with Crippen LogP contribution in [-0.2, 0) is 20.4 Å². The molecular weight excluding hydrogens is 745 g/mol. The van der Waals surface area contributed by atoms with Crippen molar-refractivity contribution in [2.24, 2.45) is 9.98 Å². The number of ketones is 2. The Morgan fingerprint density at radius 3 is 1.33 bits per heavy atom. The average molecular weight is 807 g/mol. The summed E-state index contributed by atoms with van der Waals surface area (Å²) >= 11 is 0. The molecule has 0 saturated heterocycles. The molecule has 0 spiro atoms. The van der Waals surface area contributed by atoms with Gasteiger partial charge in [0.25, 0.3) is 0 Å². The van der Waals surface area contributed by atoms with Gasteiger partial charge in [-0.05, 0) is 98.7 Å². The summed E-state index contributed by atoms with van der Waals surface area (Å²) in [5, 5.41) is 22.6. The van der Waals surface area contributed by atoms with Crippen molar-refractivity contribution in [3.63, 3.8) is 0 Å². The van der Waals surface area contributed by atoms with Crippen LogP contribution in [-0.4, -0.2) is 59.4 Å². The van der Waals surface area contributed by atoms with Crippen molar-refractivity contribution < 1.29 is 19.8 Å². The quantitative estimate of drug-likeness (QED) is 0.124. The molecule has 0 atom stereocenters. The van der Waals surface area contributed by atoms with Gasteiger partial charge in [0.15, 0.2) is 0 Å². The van der Waals surface area contributed by atoms with E-state index >= 15 is 0 Å². The Kier molecular flexibility index (Phi) is 12.2. The van der Waals surface area contributed by atoms with E-state index in [1.165, 1.54) is 0 Å². The van der Waals surface area contributed by atoms with Gasteiger partial charge in [-0.2, -0.15) is 0 Å². The molecule has 0 aromatic heterocycles. The first-order valence-electron chi connectivity index (χ1n) is 22.2. The van der Waals surface area contributed by atoms with E-state index in [1.807, 2.05) is 36.4 Å². The third-order valence-corrected chi connectivity index (χ3v) is 12.9. The van der Waals surface area contributed by atoms with Crippen LogP contribution in [0.25, 0.3) is 11.1 Å². The number of nitrogens with zero attached hydrogens (tertiary/aromatic N) is 4. The van der Waals surface area contributed by atoms with Crippen molar-refractivity contribution in [3.8, 4) is 0 Å². The molecule has 2 heterocycles. The number of unbranched alkanes of at least 4 members (excludes halogenated alkanes) is 4. The van der Waals surface area contributed by atoms with Crippen LogP contribution in [0.15, 0.2) is 105 Å². The van der Waals surface area contributed by atoms with Crippen molar-refractivity contribution in [2.45, 2.75) is 118 Å². The minimum absolute atomic E-state index is 0.00640. The first-order valence-corrected chi connectivity index (χ1v) is 22.2. The predicted octanol–water partition coefficient (Wildman–Crippen LogP) is 12.2. The van der Waals surface area contributed by atoms with E-state index in [-0.39, 0.29) is 34.2 Å². The number of carbonyl (C=O) groups excluding carboxylic acids is 2. The van der Waals surface area contributed by atoms with Crippen LogP contribution in [0, 0.1) is 0 Å². The molecule has 3 aromatic carbocycles. The van der Waals surface area contributed by atoms with E-state index in [0.29, 0.717) is 33.7 Å². The standard InChI is InChI=1S/C52H62N4O4/c1-9-13-27-55(28-14-10-2)35-21-17-33(18-22-35)43-47(57)37(48(43)58)31-41-51(5,6)39-25-26-40-45(46(39)54-41)52(7,8)42(53-40)32-38-49(59)44(50(38)60)34-19-23-36(24-20-34)56(29-15-11-3)30-16-12-4/h17-26,31-32,57,59H,9-16,27-30H2,1-8H3/b37-31+,38-32?. The smallest absolute Gasteiger partial charge is 0.201 e. The zero-order valence-corrected chi connectivity index (χ0v) is 36.9. The highest BCUT2D eigenvalue weighted by Gasteiger charge is 2.45. The third-order valence-electron chi connectivity index (χ3n) is 12.9. The van der Waals surface area contributed by atoms with Gasteiger partial charge >= 0.3 is 0 Å². The van der Waals surface area contributed by atoms with Gasteiger partial charge in [0.2, 0.25) is 11.6 Å². The molecule has 7 rings (SSSR count). The van der Waals surface area contributed by atoms with E-state index < -0.39 is 10.8 Å². The summed E-state index contributed by atoms with van der Waals surface area (Å²) < 4.78 is 0. The van der Waals surface area contributed by atoms with E-state index in [4.69, 9.17) is 9.98 Å². The Bertz CT molecular complexity index is 2350. The maximum atomic E-state index is 13.7. The third kappa shape index (κ3) is 7.58. The highest BCUT2D eigenvalue weighted by molar-refractivity contribution is 6.41. The van der Waals surface area contributed by atoms with Crippen molar-refractivity contribution >= 4 is 56.9 Å². The van der Waals surface area contributed by atoms with Crippen LogP contribution in [0.3, 0.4) is 0 Å². The Labute approximate surface area is 356 Å². The van der Waals surface area contributed by atoms with Gasteiger partial charge in [-0.1, -0.05) is 97.6 Å². The minimum Gasteiger partial charge on any atom is -0.506 e. The van der Waals surface area contributed by atoms with Gasteiger partial charge < -0.3 is 20.0 Å². The normalized spacial score (nSPS) is 18.7. The number of Topliss-reactive ketones (excluding diaryl/α,β-unsaturated/α-hetero) is 2. The highest BCUT2D eigenvalue weighted by Crippen LogP contribution is 2.54. The predicted molar refractivity (Wildman–Crippen MR) is 249 cm³/mol. The molecule has 2 N–H and O–H groups in total. The molecule has 8 nitrogen and oxygen atoms in total. The maximum Gasteiger partial charge on any atom is 0.201 e. The molecule has 0 amide bonds. The Hall–Kier alpha value is -5.50. The maximum absolute atomic E-state index is 13.7. The molecule has 0 fully saturated rings. The molecule has 2 aliphatic heterocycles. The summed E-state index contributed by atoms with van der Waals surface area (Å²) in [5.41, 5.74) is 8.53. The fourth-order valence-corrected chi connectivity index (χ4v) is 8.87. The lowest BCUT2D eigenvalue weighted by molar-refractivity contribution is -0.112. The molecule has 0 bridgehead atoms. The van der Waals surface area contributed by atoms with Crippen molar-refractivity contribution in [3.05, 3.63) is 118 Å². The van der Waals surface area contributed by atoms with Gasteiger partial charge in [0, 0.05) is 53.9 Å². The molecule has 3 aromatic rings. The lowest BCUT2D eigenvalue weighted by atomic mass is 9.74. The summed E-state index contributed by atoms with van der Waals surface area (Å²) in [6.45, 7) is 21.1. The summed E-state index contributed by atoms with van der Waals surface area (Å²) in [7, 11) is 0. The van der Waals surface area contributed by atoms with Gasteiger partial charge in [0.05, 0.1) is 45.1 Å². The second-order valence-electron chi connectivity index (χ2n) is 17.8. The monoisotopic (exact) mass is 806 g/mol. The number of rotatable bonds is 18. The van der Waals surface area contributed by atoms with E-state index in [1.54, 1.807) is 12.2 Å². The second kappa shape index (κ2) is 17.2. The summed E-state index contributed by atoms with van der Waals surface area (Å²) in [5.74, 6) is -0.409. The lowest BCUT2D eigenvalue weighted by Gasteiger charge is -2.27. The minimum atomic E-state index is -0.634. The number of fused-ring (bicyclic) bond motifs is 3. The number of anilines is 2. The van der Waals surface area contributed by atoms with Crippen LogP contribution in [0.4, 0.5) is 22.7 Å². The summed E-state index contributed by atoms with van der Waals surface area (Å²) in [4.78, 5) is 42.2. The number of aliphatic hydroxyl groups is 2. The first-order chi connectivity index (χ1) is 28.8. The fraction of sp³-hybridized carbons (Fsp3) is 0.423. The molecule has 4 aliphatic rings. The SMILES string of the molecule is CCCCN(CCCC)c1ccc(C2=C(O)C(=CC3=Nc4ccc5c(c4C3(C)C)N=C(/C=C3/C(=O)C(c4ccc(N(CCCC)CCCC)cc4)=C3O)C5(C)C)C2=O)cc1. The van der Waals surface area contributed by atoms with Crippen molar-refractivity contribution in [1.82, 2.24) is 0 Å². The molecule has 8 heteroatoms. The number of aliphatic hydroxyl groups excluding tert-OH is 2. The van der Waals surface area contributed by atoms with Gasteiger partial charge in [-0.15, -0.1) is 0 Å². The topological polar surface area (TPSA) is 106 Å². The van der Waals surface area contributed by atoms with Gasteiger partial charge in [-0.3, -0.25) is 19.6 Å². The largest absolute Gasteiger partial charge is 0.506 e. The molecule has 0 unspecified atom stereocenters. The molecular formula is C52H62N4O4. The number of carbonyl (C=O) groups is 2. The van der Waals surface area contributed by atoms with Crippen LogP contribution in [0.5, 0.6) is 0 Å². The zero-order chi connectivity index (χ0) is 42.9. The van der Waals surface area contributed by atoms with Crippen molar-refractivity contribution in [1.29, 1.82) is 0 Å². The number of benzene rings is 3. The first kappa shape index (κ1) is 42.6. The Morgan fingerprint density at radius 1 is 0.550 bits per heavy atom. The number of aliphatic imine (C=N–C) groups is 2. The second-order valence-corrected chi connectivity index (χ2v) is 17.8. The number of allylic oxidation sites excluding steroid dienone is 6. The highest BCUT2D eigenvalue weighted by atomic mass is 16.3.